The molecular formula is C18H20O5. The van der Waals surface area contributed by atoms with E-state index in [2.05, 4.69) is 0 Å². The van der Waals surface area contributed by atoms with Crippen molar-refractivity contribution in [2.75, 3.05) is 6.61 Å². The van der Waals surface area contributed by atoms with E-state index in [1.54, 1.807) is 0 Å². The first-order valence-corrected chi connectivity index (χ1v) is 7.57. The summed E-state index contributed by atoms with van der Waals surface area (Å²) in [6.07, 6.45) is -5.65. The van der Waals surface area contributed by atoms with Gasteiger partial charge < -0.3 is 25.2 Å². The largest absolute Gasteiger partial charge is 0.394 e. The van der Waals surface area contributed by atoms with E-state index in [-0.39, 0.29) is 0 Å². The quantitative estimate of drug-likeness (QED) is 0.675. The van der Waals surface area contributed by atoms with Crippen molar-refractivity contribution >= 4 is 0 Å². The summed E-state index contributed by atoms with van der Waals surface area (Å²) in [5.74, 6) is 0. The van der Waals surface area contributed by atoms with Gasteiger partial charge in [-0.1, -0.05) is 54.6 Å². The number of aliphatic hydroxyl groups excluding tert-OH is 4. The van der Waals surface area contributed by atoms with E-state index < -0.39 is 37.1 Å². The van der Waals surface area contributed by atoms with Crippen LogP contribution in [0, 0.1) is 0 Å². The molecule has 1 saturated heterocycles. The molecule has 1 heterocycles. The first kappa shape index (κ1) is 16.1. The second-order valence-corrected chi connectivity index (χ2v) is 5.74. The maximum atomic E-state index is 10.1. The van der Waals surface area contributed by atoms with Gasteiger partial charge in [-0.05, 0) is 16.7 Å². The van der Waals surface area contributed by atoms with Crippen LogP contribution in [-0.4, -0.2) is 51.4 Å². The van der Waals surface area contributed by atoms with Crippen molar-refractivity contribution in [2.45, 2.75) is 30.5 Å². The van der Waals surface area contributed by atoms with E-state index in [0.29, 0.717) is 5.56 Å². The lowest BCUT2D eigenvalue weighted by atomic mass is 9.90. The molecule has 122 valence electrons. The van der Waals surface area contributed by atoms with Crippen molar-refractivity contribution in [3.8, 4) is 11.1 Å². The van der Waals surface area contributed by atoms with Crippen LogP contribution in [0.15, 0.2) is 54.6 Å². The summed E-state index contributed by atoms with van der Waals surface area (Å²) in [6.45, 7) is -0.427. The lowest BCUT2D eigenvalue weighted by Crippen LogP contribution is -2.55. The fraction of sp³-hybridized carbons (Fsp3) is 0.333. The molecule has 0 bridgehead atoms. The SMILES string of the molecule is OC[C@H]1O[C@@H](c2ccc(-c3ccccc3)cc2)[C@H](O)[C@@H](O)[C@@H]1O. The Labute approximate surface area is 134 Å². The van der Waals surface area contributed by atoms with Gasteiger partial charge in [0, 0.05) is 0 Å². The normalized spacial score (nSPS) is 31.0. The maximum Gasteiger partial charge on any atom is 0.113 e. The van der Waals surface area contributed by atoms with Crippen molar-refractivity contribution < 1.29 is 25.2 Å². The van der Waals surface area contributed by atoms with E-state index in [4.69, 9.17) is 4.74 Å². The average molecular weight is 316 g/mol. The van der Waals surface area contributed by atoms with Crippen LogP contribution in [-0.2, 0) is 4.74 Å². The van der Waals surface area contributed by atoms with Crippen LogP contribution in [0.4, 0.5) is 0 Å². The van der Waals surface area contributed by atoms with Gasteiger partial charge in [-0.25, -0.2) is 0 Å². The summed E-state index contributed by atoms with van der Waals surface area (Å²) in [5, 5.41) is 39.1. The number of hydrogen-bond donors (Lipinski definition) is 4. The van der Waals surface area contributed by atoms with E-state index >= 15 is 0 Å². The minimum atomic E-state index is -1.36. The van der Waals surface area contributed by atoms with Gasteiger partial charge in [-0.3, -0.25) is 0 Å². The Bertz CT molecular complexity index is 626. The Morgan fingerprint density at radius 2 is 1.35 bits per heavy atom. The molecule has 0 aromatic heterocycles. The summed E-state index contributed by atoms with van der Waals surface area (Å²) in [6, 6.07) is 17.3. The van der Waals surface area contributed by atoms with Crippen molar-refractivity contribution in [3.05, 3.63) is 60.2 Å². The molecule has 1 aliphatic rings. The number of aliphatic hydroxyl groups is 4. The standard InChI is InChI=1S/C18H20O5/c19-10-14-15(20)16(21)17(22)18(23-14)13-8-6-12(7-9-13)11-4-2-1-3-5-11/h1-9,14-22H,10H2/t14-,15-,16+,17-,18+/m1/s1. The maximum absolute atomic E-state index is 10.1. The third-order valence-corrected chi connectivity index (χ3v) is 4.24. The zero-order valence-corrected chi connectivity index (χ0v) is 12.5. The minimum Gasteiger partial charge on any atom is -0.394 e. The minimum absolute atomic E-state index is 0.427. The second kappa shape index (κ2) is 6.78. The molecule has 0 radical (unpaired) electrons. The van der Waals surface area contributed by atoms with Gasteiger partial charge in [0.15, 0.2) is 0 Å². The molecule has 5 atom stereocenters. The van der Waals surface area contributed by atoms with Crippen molar-refractivity contribution in [3.63, 3.8) is 0 Å². The summed E-state index contributed by atoms with van der Waals surface area (Å²) < 4.78 is 5.55. The summed E-state index contributed by atoms with van der Waals surface area (Å²) in [5.41, 5.74) is 2.79. The topological polar surface area (TPSA) is 90.2 Å². The van der Waals surface area contributed by atoms with Gasteiger partial charge in [0.05, 0.1) is 6.61 Å². The molecule has 5 nitrogen and oxygen atoms in total. The van der Waals surface area contributed by atoms with Crippen LogP contribution < -0.4 is 0 Å². The summed E-state index contributed by atoms with van der Waals surface area (Å²) >= 11 is 0. The second-order valence-electron chi connectivity index (χ2n) is 5.74. The number of rotatable bonds is 3. The third kappa shape index (κ3) is 3.15. The van der Waals surface area contributed by atoms with Crippen molar-refractivity contribution in [1.29, 1.82) is 0 Å². The van der Waals surface area contributed by atoms with Gasteiger partial charge in [0.25, 0.3) is 0 Å². The molecule has 0 amide bonds. The summed E-state index contributed by atoms with van der Waals surface area (Å²) in [7, 11) is 0. The van der Waals surface area contributed by atoms with E-state index in [1.807, 2.05) is 54.6 Å². The Morgan fingerprint density at radius 1 is 0.739 bits per heavy atom. The Kier molecular flexibility index (Phi) is 4.75. The Hall–Kier alpha value is -1.76. The fourth-order valence-electron chi connectivity index (χ4n) is 2.87. The molecule has 4 N–H and O–H groups in total. The molecule has 0 unspecified atom stereocenters. The van der Waals surface area contributed by atoms with Crippen LogP contribution in [0.5, 0.6) is 0 Å². The highest BCUT2D eigenvalue weighted by atomic mass is 16.5. The monoisotopic (exact) mass is 316 g/mol. The number of ether oxygens (including phenoxy) is 1. The van der Waals surface area contributed by atoms with Crippen LogP contribution in [0.25, 0.3) is 11.1 Å². The summed E-state index contributed by atoms with van der Waals surface area (Å²) in [4.78, 5) is 0. The lowest BCUT2D eigenvalue weighted by Gasteiger charge is -2.40. The predicted molar refractivity (Wildman–Crippen MR) is 84.6 cm³/mol. The molecular weight excluding hydrogens is 296 g/mol. The first-order chi connectivity index (χ1) is 11.1. The molecule has 1 aliphatic heterocycles. The van der Waals surface area contributed by atoms with Gasteiger partial charge in [0.1, 0.15) is 30.5 Å². The third-order valence-electron chi connectivity index (χ3n) is 4.24. The molecule has 3 rings (SSSR count). The molecule has 0 spiro atoms. The Morgan fingerprint density at radius 3 is 1.96 bits per heavy atom. The molecule has 2 aromatic rings. The van der Waals surface area contributed by atoms with Crippen LogP contribution in [0.3, 0.4) is 0 Å². The molecule has 5 heteroatoms. The molecule has 0 aliphatic carbocycles. The van der Waals surface area contributed by atoms with Gasteiger partial charge in [0.2, 0.25) is 0 Å². The average Bonchev–Trinajstić information content (AvgIpc) is 2.61. The van der Waals surface area contributed by atoms with Crippen molar-refractivity contribution in [1.82, 2.24) is 0 Å². The van der Waals surface area contributed by atoms with Gasteiger partial charge >= 0.3 is 0 Å². The Balaban J connectivity index is 1.84. The van der Waals surface area contributed by atoms with E-state index in [9.17, 15) is 20.4 Å². The van der Waals surface area contributed by atoms with Gasteiger partial charge in [-0.15, -0.1) is 0 Å². The zero-order chi connectivity index (χ0) is 16.4. The lowest BCUT2D eigenvalue weighted by molar-refractivity contribution is -0.231. The number of hydrogen-bond acceptors (Lipinski definition) is 5. The first-order valence-electron chi connectivity index (χ1n) is 7.57. The van der Waals surface area contributed by atoms with E-state index in [0.717, 1.165) is 11.1 Å². The highest BCUT2D eigenvalue weighted by Gasteiger charge is 2.43. The predicted octanol–water partition coefficient (Wildman–Crippen LogP) is 0.868. The van der Waals surface area contributed by atoms with Crippen LogP contribution in [0.2, 0.25) is 0 Å². The molecule has 2 aromatic carbocycles. The number of benzene rings is 2. The van der Waals surface area contributed by atoms with Crippen molar-refractivity contribution in [2.24, 2.45) is 0 Å². The zero-order valence-electron chi connectivity index (χ0n) is 12.5. The molecule has 1 fully saturated rings. The highest BCUT2D eigenvalue weighted by Crippen LogP contribution is 2.33. The fourth-order valence-corrected chi connectivity index (χ4v) is 2.87. The van der Waals surface area contributed by atoms with Crippen LogP contribution in [0.1, 0.15) is 11.7 Å². The highest BCUT2D eigenvalue weighted by molar-refractivity contribution is 5.63. The van der Waals surface area contributed by atoms with E-state index in [1.165, 1.54) is 0 Å². The molecule has 0 saturated carbocycles. The molecule has 23 heavy (non-hydrogen) atoms. The van der Waals surface area contributed by atoms with Crippen LogP contribution >= 0.6 is 0 Å². The smallest absolute Gasteiger partial charge is 0.113 e. The van der Waals surface area contributed by atoms with Gasteiger partial charge in [-0.2, -0.15) is 0 Å².